The van der Waals surface area contributed by atoms with Crippen molar-refractivity contribution in [2.24, 2.45) is 10.2 Å². The SMILES string of the molecule is CCOC(=O)OCCN(CCOC(=O)OCC)c1cc(Cl)c(N=Nc2ncc([N+](=O)[O-])s2)cc1OC. The molecule has 0 amide bonds. The smallest absolute Gasteiger partial charge is 0.495 e. The van der Waals surface area contributed by atoms with Gasteiger partial charge in [-0.1, -0.05) is 11.6 Å². The largest absolute Gasteiger partial charge is 0.508 e. The molecule has 16 heteroatoms. The Labute approximate surface area is 214 Å². The average molecular weight is 546 g/mol. The van der Waals surface area contributed by atoms with Gasteiger partial charge in [0.15, 0.2) is 0 Å². The molecule has 14 nitrogen and oxygen atoms in total. The number of azo groups is 1. The van der Waals surface area contributed by atoms with Crippen LogP contribution >= 0.6 is 22.9 Å². The first-order chi connectivity index (χ1) is 17.3. The van der Waals surface area contributed by atoms with Crippen molar-refractivity contribution in [3.63, 3.8) is 0 Å². The average Bonchev–Trinajstić information content (AvgIpc) is 3.32. The molecule has 2 rings (SSSR count). The van der Waals surface area contributed by atoms with Crippen molar-refractivity contribution in [1.29, 1.82) is 0 Å². The Morgan fingerprint density at radius 2 is 1.69 bits per heavy atom. The summed E-state index contributed by atoms with van der Waals surface area (Å²) in [5, 5.41) is 18.8. The molecule has 0 bridgehead atoms. The fourth-order valence-corrected chi connectivity index (χ4v) is 3.40. The van der Waals surface area contributed by atoms with E-state index in [0.717, 1.165) is 17.5 Å². The first-order valence-corrected chi connectivity index (χ1v) is 11.7. The maximum atomic E-state index is 11.5. The molecule has 0 fully saturated rings. The van der Waals surface area contributed by atoms with Gasteiger partial charge in [-0.3, -0.25) is 10.1 Å². The van der Waals surface area contributed by atoms with Crippen molar-refractivity contribution in [2.75, 3.05) is 51.5 Å². The third-order valence-corrected chi connectivity index (χ3v) is 5.32. The summed E-state index contributed by atoms with van der Waals surface area (Å²) in [6, 6.07) is 3.06. The minimum Gasteiger partial charge on any atom is -0.495 e. The summed E-state index contributed by atoms with van der Waals surface area (Å²) in [6.45, 7) is 3.94. The van der Waals surface area contributed by atoms with Gasteiger partial charge in [0.2, 0.25) is 5.13 Å². The highest BCUT2D eigenvalue weighted by Gasteiger charge is 2.18. The number of rotatable bonds is 13. The second-order valence-electron chi connectivity index (χ2n) is 6.46. The number of hydrogen-bond acceptors (Lipinski definition) is 14. The van der Waals surface area contributed by atoms with Crippen molar-refractivity contribution in [3.8, 4) is 5.75 Å². The molecule has 0 radical (unpaired) electrons. The summed E-state index contributed by atoms with van der Waals surface area (Å²) < 4.78 is 25.0. The Hall–Kier alpha value is -3.72. The Kier molecular flexibility index (Phi) is 11.6. The number of aromatic nitrogens is 1. The van der Waals surface area contributed by atoms with Crippen LogP contribution in [0.4, 0.5) is 31.1 Å². The third kappa shape index (κ3) is 8.81. The van der Waals surface area contributed by atoms with Gasteiger partial charge in [-0.05, 0) is 31.3 Å². The zero-order valence-corrected chi connectivity index (χ0v) is 21.2. The monoisotopic (exact) mass is 545 g/mol. The molecular weight excluding hydrogens is 522 g/mol. The van der Waals surface area contributed by atoms with E-state index in [9.17, 15) is 19.7 Å². The van der Waals surface area contributed by atoms with E-state index in [1.807, 2.05) is 0 Å². The molecule has 1 aromatic carbocycles. The number of carbonyl (C=O) groups is 2. The second-order valence-corrected chi connectivity index (χ2v) is 7.86. The van der Waals surface area contributed by atoms with E-state index in [-0.39, 0.29) is 60.4 Å². The molecule has 2 aromatic rings. The lowest BCUT2D eigenvalue weighted by Crippen LogP contribution is -2.32. The molecule has 0 unspecified atom stereocenters. The predicted octanol–water partition coefficient (Wildman–Crippen LogP) is 5.28. The number of nitrogens with zero attached hydrogens (tertiary/aromatic N) is 5. The van der Waals surface area contributed by atoms with Crippen LogP contribution in [0.5, 0.6) is 5.75 Å². The summed E-state index contributed by atoms with van der Waals surface area (Å²) in [5.41, 5.74) is 0.715. The van der Waals surface area contributed by atoms with Crippen molar-refractivity contribution in [1.82, 2.24) is 4.98 Å². The van der Waals surface area contributed by atoms with Crippen molar-refractivity contribution in [2.45, 2.75) is 13.8 Å². The van der Waals surface area contributed by atoms with Crippen molar-refractivity contribution >= 4 is 56.8 Å². The first-order valence-electron chi connectivity index (χ1n) is 10.5. The van der Waals surface area contributed by atoms with Gasteiger partial charge in [0.05, 0.1) is 49.0 Å². The quantitative estimate of drug-likeness (QED) is 0.139. The van der Waals surface area contributed by atoms with Gasteiger partial charge in [0, 0.05) is 6.07 Å². The summed E-state index contributed by atoms with van der Waals surface area (Å²) >= 11 is 7.16. The van der Waals surface area contributed by atoms with E-state index >= 15 is 0 Å². The molecule has 0 aliphatic carbocycles. The number of methoxy groups -OCH3 is 1. The minimum absolute atomic E-state index is 0.0384. The van der Waals surface area contributed by atoms with E-state index in [4.69, 9.17) is 35.3 Å². The Morgan fingerprint density at radius 1 is 1.08 bits per heavy atom. The molecule has 0 saturated carbocycles. The number of benzene rings is 1. The Bertz CT molecular complexity index is 1060. The molecular formula is C20H24ClN5O9S. The molecule has 0 saturated heterocycles. The van der Waals surface area contributed by atoms with Gasteiger partial charge < -0.3 is 28.6 Å². The lowest BCUT2D eigenvalue weighted by molar-refractivity contribution is -0.380. The van der Waals surface area contributed by atoms with E-state index < -0.39 is 17.2 Å². The number of ether oxygens (including phenoxy) is 5. The fraction of sp³-hybridized carbons (Fsp3) is 0.450. The van der Waals surface area contributed by atoms with Crippen LogP contribution in [0.3, 0.4) is 0 Å². The molecule has 0 aliphatic rings. The van der Waals surface area contributed by atoms with Crippen LogP contribution in [0.1, 0.15) is 13.8 Å². The zero-order chi connectivity index (χ0) is 26.5. The molecule has 0 aliphatic heterocycles. The Balaban J connectivity index is 2.23. The van der Waals surface area contributed by atoms with Gasteiger partial charge in [0.25, 0.3) is 0 Å². The van der Waals surface area contributed by atoms with E-state index in [1.165, 1.54) is 13.2 Å². The van der Waals surface area contributed by atoms with Crippen LogP contribution in [0.25, 0.3) is 0 Å². The van der Waals surface area contributed by atoms with Crippen molar-refractivity contribution < 1.29 is 38.2 Å². The first kappa shape index (κ1) is 28.5. The van der Waals surface area contributed by atoms with Crippen LogP contribution in [-0.4, -0.2) is 68.8 Å². The predicted molar refractivity (Wildman–Crippen MR) is 129 cm³/mol. The molecule has 0 atom stereocenters. The molecule has 36 heavy (non-hydrogen) atoms. The zero-order valence-electron chi connectivity index (χ0n) is 19.7. The van der Waals surface area contributed by atoms with E-state index in [0.29, 0.717) is 11.4 Å². The van der Waals surface area contributed by atoms with Gasteiger partial charge in [-0.25, -0.2) is 14.6 Å². The molecule has 1 heterocycles. The lowest BCUT2D eigenvalue weighted by atomic mass is 10.2. The van der Waals surface area contributed by atoms with Gasteiger partial charge in [-0.15, -0.1) is 10.2 Å². The van der Waals surface area contributed by atoms with Gasteiger partial charge >= 0.3 is 17.3 Å². The van der Waals surface area contributed by atoms with Crippen LogP contribution in [-0.2, 0) is 18.9 Å². The Morgan fingerprint density at radius 3 is 2.19 bits per heavy atom. The summed E-state index contributed by atoms with van der Waals surface area (Å²) in [7, 11) is 1.43. The number of hydrogen-bond donors (Lipinski definition) is 0. The highest BCUT2D eigenvalue weighted by molar-refractivity contribution is 7.18. The highest BCUT2D eigenvalue weighted by atomic mass is 35.5. The van der Waals surface area contributed by atoms with Gasteiger partial charge in [-0.2, -0.15) is 0 Å². The van der Waals surface area contributed by atoms with Crippen molar-refractivity contribution in [3.05, 3.63) is 33.5 Å². The summed E-state index contributed by atoms with van der Waals surface area (Å²) in [4.78, 5) is 38.8. The molecule has 1 aromatic heterocycles. The summed E-state index contributed by atoms with van der Waals surface area (Å²) in [5.74, 6) is 0.339. The number of anilines is 1. The summed E-state index contributed by atoms with van der Waals surface area (Å²) in [6.07, 6.45) is -0.550. The molecule has 0 spiro atoms. The van der Waals surface area contributed by atoms with Crippen LogP contribution in [0, 0.1) is 10.1 Å². The maximum Gasteiger partial charge on any atom is 0.508 e. The second kappa shape index (κ2) is 14.6. The number of thiazole rings is 1. The van der Waals surface area contributed by atoms with E-state index in [2.05, 4.69) is 15.2 Å². The molecule has 196 valence electrons. The van der Waals surface area contributed by atoms with Crippen LogP contribution in [0.15, 0.2) is 28.6 Å². The van der Waals surface area contributed by atoms with Gasteiger partial charge in [0.1, 0.15) is 30.8 Å². The van der Waals surface area contributed by atoms with Crippen LogP contribution in [0.2, 0.25) is 5.02 Å². The highest BCUT2D eigenvalue weighted by Crippen LogP contribution is 2.39. The van der Waals surface area contributed by atoms with E-state index in [1.54, 1.807) is 24.8 Å². The fourth-order valence-electron chi connectivity index (χ4n) is 2.65. The lowest BCUT2D eigenvalue weighted by Gasteiger charge is -2.26. The number of carbonyl (C=O) groups excluding carboxylic acids is 2. The third-order valence-electron chi connectivity index (χ3n) is 4.18. The number of halogens is 1. The van der Waals surface area contributed by atoms with Crippen LogP contribution < -0.4 is 9.64 Å². The topological polar surface area (TPSA) is 164 Å². The normalized spacial score (nSPS) is 10.7. The maximum absolute atomic E-state index is 11.5. The molecule has 0 N–H and O–H groups in total. The minimum atomic E-state index is -0.816. The standard InChI is InChI=1S/C20H24ClN5O9S/c1-4-32-19(27)34-8-6-25(7-9-35-20(28)33-5-2)15-10-13(21)14(11-16(15)31-3)23-24-18-22-12-17(36-18)26(29)30/h10-12H,4-9H2,1-3H3. The number of nitro groups is 1.